The molecule has 2 amide bonds. The zero-order chi connectivity index (χ0) is 15.2. The van der Waals surface area contributed by atoms with E-state index < -0.39 is 18.1 Å². The molecule has 1 aromatic carbocycles. The predicted octanol–water partition coefficient (Wildman–Crippen LogP) is -0.343. The van der Waals surface area contributed by atoms with Crippen LogP contribution in [0.15, 0.2) is 30.3 Å². The summed E-state index contributed by atoms with van der Waals surface area (Å²) >= 11 is 0. The van der Waals surface area contributed by atoms with Gasteiger partial charge in [-0.3, -0.25) is 9.59 Å². The van der Waals surface area contributed by atoms with Crippen molar-refractivity contribution in [2.24, 2.45) is 0 Å². The summed E-state index contributed by atoms with van der Waals surface area (Å²) in [5, 5.41) is 16.1. The van der Waals surface area contributed by atoms with Gasteiger partial charge in [-0.2, -0.15) is 0 Å². The molecule has 1 aliphatic rings. The van der Waals surface area contributed by atoms with E-state index in [1.54, 1.807) is 24.3 Å². The largest absolute Gasteiger partial charge is 0.378 e. The zero-order valence-corrected chi connectivity index (χ0v) is 12.1. The second kappa shape index (κ2) is 7.19. The molecule has 0 radical (unpaired) electrons. The molecule has 0 aromatic heterocycles. The first-order chi connectivity index (χ1) is 10.1. The smallest absolute Gasteiger partial charge is 0.256 e. The maximum atomic E-state index is 12.5. The summed E-state index contributed by atoms with van der Waals surface area (Å²) in [6, 6.07) is 8.18. The lowest BCUT2D eigenvalue weighted by atomic mass is 10.1. The van der Waals surface area contributed by atoms with E-state index in [2.05, 4.69) is 10.6 Å². The van der Waals surface area contributed by atoms with Gasteiger partial charge in [0.2, 0.25) is 5.91 Å². The minimum atomic E-state index is -1.23. The molecule has 114 valence electrons. The molecule has 0 bridgehead atoms. The molecule has 2 unspecified atom stereocenters. The zero-order valence-electron chi connectivity index (χ0n) is 12.1. The van der Waals surface area contributed by atoms with Crippen LogP contribution in [0.1, 0.15) is 18.6 Å². The molecule has 21 heavy (non-hydrogen) atoms. The lowest BCUT2D eigenvalue weighted by Gasteiger charge is -2.36. The van der Waals surface area contributed by atoms with Crippen molar-refractivity contribution in [2.45, 2.75) is 19.1 Å². The predicted molar refractivity (Wildman–Crippen MR) is 78.5 cm³/mol. The first kappa shape index (κ1) is 15.5. The molecule has 6 heteroatoms. The summed E-state index contributed by atoms with van der Waals surface area (Å²) < 4.78 is 0. The number of nitrogens with zero attached hydrogens (tertiary/aromatic N) is 1. The number of hydrogen-bond donors (Lipinski definition) is 3. The van der Waals surface area contributed by atoms with Crippen molar-refractivity contribution < 1.29 is 14.7 Å². The highest BCUT2D eigenvalue weighted by Gasteiger charge is 2.35. The molecule has 3 N–H and O–H groups in total. The van der Waals surface area contributed by atoms with Gasteiger partial charge in [0.1, 0.15) is 6.04 Å². The molecular weight excluding hydrogens is 270 g/mol. The third-order valence-electron chi connectivity index (χ3n) is 3.53. The van der Waals surface area contributed by atoms with Crippen LogP contribution in [0, 0.1) is 0 Å². The van der Waals surface area contributed by atoms with E-state index in [1.165, 1.54) is 4.90 Å². The van der Waals surface area contributed by atoms with Crippen LogP contribution in [0.25, 0.3) is 0 Å². The van der Waals surface area contributed by atoms with Gasteiger partial charge in [-0.25, -0.2) is 0 Å². The number of aliphatic hydroxyl groups excluding tert-OH is 1. The van der Waals surface area contributed by atoms with Crippen LogP contribution in [0.4, 0.5) is 0 Å². The van der Waals surface area contributed by atoms with Crippen molar-refractivity contribution >= 4 is 11.8 Å². The molecule has 1 heterocycles. The topological polar surface area (TPSA) is 81.7 Å². The highest BCUT2D eigenvalue weighted by atomic mass is 16.3. The summed E-state index contributed by atoms with van der Waals surface area (Å²) in [6.45, 7) is 3.77. The van der Waals surface area contributed by atoms with Crippen molar-refractivity contribution in [2.75, 3.05) is 26.2 Å². The molecule has 2 atom stereocenters. The Morgan fingerprint density at radius 3 is 2.81 bits per heavy atom. The van der Waals surface area contributed by atoms with E-state index >= 15 is 0 Å². The van der Waals surface area contributed by atoms with Gasteiger partial charge in [0.25, 0.3) is 5.91 Å². The quantitative estimate of drug-likeness (QED) is 0.709. The van der Waals surface area contributed by atoms with Gasteiger partial charge < -0.3 is 20.6 Å². The van der Waals surface area contributed by atoms with Gasteiger partial charge in [0.05, 0.1) is 0 Å². The van der Waals surface area contributed by atoms with E-state index in [9.17, 15) is 14.7 Å². The molecule has 6 nitrogen and oxygen atoms in total. The number of likely N-dealkylation sites (N-methyl/N-ethyl adjacent to an activating group) is 1. The van der Waals surface area contributed by atoms with E-state index in [1.807, 2.05) is 13.0 Å². The summed E-state index contributed by atoms with van der Waals surface area (Å²) in [6.07, 6.45) is -1.23. The maximum absolute atomic E-state index is 12.5. The highest BCUT2D eigenvalue weighted by Crippen LogP contribution is 2.17. The maximum Gasteiger partial charge on any atom is 0.256 e. The summed E-state index contributed by atoms with van der Waals surface area (Å²) in [7, 11) is 0. The lowest BCUT2D eigenvalue weighted by Crippen LogP contribution is -2.60. The number of benzene rings is 1. The average molecular weight is 291 g/mol. The number of hydrogen-bond acceptors (Lipinski definition) is 4. The SMILES string of the molecule is CCNC(=O)C1CNCCN1C(=O)C(O)c1ccccc1. The Bertz CT molecular complexity index is 492. The van der Waals surface area contributed by atoms with E-state index in [0.717, 1.165) is 0 Å². The Hall–Kier alpha value is -1.92. The Labute approximate surface area is 124 Å². The van der Waals surface area contributed by atoms with Gasteiger partial charge in [0, 0.05) is 26.2 Å². The standard InChI is InChI=1S/C15H21N3O3/c1-2-17-14(20)12-10-16-8-9-18(12)15(21)13(19)11-6-4-3-5-7-11/h3-7,12-13,16,19H,2,8-10H2,1H3,(H,17,20). The van der Waals surface area contributed by atoms with Gasteiger partial charge >= 0.3 is 0 Å². The second-order valence-electron chi connectivity index (χ2n) is 4.96. The molecule has 1 aromatic rings. The molecular formula is C15H21N3O3. The monoisotopic (exact) mass is 291 g/mol. The molecule has 2 rings (SSSR count). The fraction of sp³-hybridized carbons (Fsp3) is 0.467. The molecule has 0 saturated carbocycles. The number of rotatable bonds is 4. The molecule has 1 aliphatic heterocycles. The molecule has 0 aliphatic carbocycles. The van der Waals surface area contributed by atoms with E-state index in [-0.39, 0.29) is 5.91 Å². The number of piperazine rings is 1. The summed E-state index contributed by atoms with van der Waals surface area (Å²) in [4.78, 5) is 26.0. The average Bonchev–Trinajstić information content (AvgIpc) is 2.54. The number of carbonyl (C=O) groups is 2. The third kappa shape index (κ3) is 3.59. The number of aliphatic hydroxyl groups is 1. The first-order valence-electron chi connectivity index (χ1n) is 7.17. The molecule has 1 saturated heterocycles. The number of amides is 2. The van der Waals surface area contributed by atoms with Crippen LogP contribution in [-0.4, -0.2) is 54.0 Å². The highest BCUT2D eigenvalue weighted by molar-refractivity contribution is 5.90. The van der Waals surface area contributed by atoms with Crippen LogP contribution < -0.4 is 10.6 Å². The third-order valence-corrected chi connectivity index (χ3v) is 3.53. The summed E-state index contributed by atoms with van der Waals surface area (Å²) in [5.74, 6) is -0.628. The van der Waals surface area contributed by atoms with Crippen molar-refractivity contribution in [1.29, 1.82) is 0 Å². The van der Waals surface area contributed by atoms with Crippen LogP contribution in [0.2, 0.25) is 0 Å². The van der Waals surface area contributed by atoms with Crippen LogP contribution >= 0.6 is 0 Å². The first-order valence-corrected chi connectivity index (χ1v) is 7.17. The van der Waals surface area contributed by atoms with E-state index in [4.69, 9.17) is 0 Å². The van der Waals surface area contributed by atoms with Crippen LogP contribution in [0.3, 0.4) is 0 Å². The van der Waals surface area contributed by atoms with Crippen molar-refractivity contribution in [3.63, 3.8) is 0 Å². The molecule has 0 spiro atoms. The summed E-state index contributed by atoms with van der Waals surface area (Å²) in [5.41, 5.74) is 0.538. The van der Waals surface area contributed by atoms with Crippen molar-refractivity contribution in [1.82, 2.24) is 15.5 Å². The Morgan fingerprint density at radius 2 is 2.14 bits per heavy atom. The van der Waals surface area contributed by atoms with Gasteiger partial charge in [-0.05, 0) is 12.5 Å². The fourth-order valence-electron chi connectivity index (χ4n) is 2.43. The lowest BCUT2D eigenvalue weighted by molar-refractivity contribution is -0.148. The minimum absolute atomic E-state index is 0.196. The van der Waals surface area contributed by atoms with Crippen LogP contribution in [0.5, 0.6) is 0 Å². The van der Waals surface area contributed by atoms with Gasteiger partial charge in [0.15, 0.2) is 6.10 Å². The number of nitrogens with one attached hydrogen (secondary N) is 2. The van der Waals surface area contributed by atoms with Crippen LogP contribution in [-0.2, 0) is 9.59 Å². The van der Waals surface area contributed by atoms with Gasteiger partial charge in [-0.1, -0.05) is 30.3 Å². The Morgan fingerprint density at radius 1 is 1.43 bits per heavy atom. The fourth-order valence-corrected chi connectivity index (χ4v) is 2.43. The Kier molecular flexibility index (Phi) is 5.30. The normalized spacial score (nSPS) is 19.9. The van der Waals surface area contributed by atoms with Crippen molar-refractivity contribution in [3.05, 3.63) is 35.9 Å². The van der Waals surface area contributed by atoms with Gasteiger partial charge in [-0.15, -0.1) is 0 Å². The Balaban J connectivity index is 2.13. The minimum Gasteiger partial charge on any atom is -0.378 e. The molecule has 1 fully saturated rings. The van der Waals surface area contributed by atoms with E-state index in [0.29, 0.717) is 31.7 Å². The number of carbonyl (C=O) groups excluding carboxylic acids is 2. The second-order valence-corrected chi connectivity index (χ2v) is 4.96. The van der Waals surface area contributed by atoms with Crippen molar-refractivity contribution in [3.8, 4) is 0 Å².